The summed E-state index contributed by atoms with van der Waals surface area (Å²) in [5, 5.41) is 9.57. The molecule has 0 atom stereocenters. The van der Waals surface area contributed by atoms with Crippen molar-refractivity contribution in [2.24, 2.45) is 0 Å². The quantitative estimate of drug-likeness (QED) is 0.671. The Morgan fingerprint density at radius 1 is 1.40 bits per heavy atom. The Morgan fingerprint density at radius 3 is 2.65 bits per heavy atom. The highest BCUT2D eigenvalue weighted by Gasteiger charge is 2.13. The Labute approximate surface area is 126 Å². The molecule has 1 amide bonds. The van der Waals surface area contributed by atoms with E-state index in [1.165, 1.54) is 12.2 Å². The summed E-state index contributed by atoms with van der Waals surface area (Å²) in [6.45, 7) is -0.536. The molecular formula is C14H11Cl2NO3. The van der Waals surface area contributed by atoms with Gasteiger partial charge in [0.1, 0.15) is 6.54 Å². The molecule has 0 heterocycles. The number of aliphatic carboxylic acids is 1. The Kier molecular flexibility index (Phi) is 6.10. The molecular weight excluding hydrogens is 301 g/mol. The lowest BCUT2D eigenvalue weighted by atomic mass is 10.2. The molecule has 0 saturated carbocycles. The Hall–Kier alpha value is -1.96. The third kappa shape index (κ3) is 4.96. The highest BCUT2D eigenvalue weighted by molar-refractivity contribution is 6.35. The molecule has 1 aromatic rings. The van der Waals surface area contributed by atoms with E-state index in [2.05, 4.69) is 5.92 Å². The van der Waals surface area contributed by atoms with Crippen LogP contribution in [-0.2, 0) is 9.59 Å². The number of amides is 1. The van der Waals surface area contributed by atoms with Crippen LogP contribution in [-0.4, -0.2) is 35.0 Å². The summed E-state index contributed by atoms with van der Waals surface area (Å²) in [5.74, 6) is 0.599. The van der Waals surface area contributed by atoms with Crippen molar-refractivity contribution in [3.8, 4) is 12.3 Å². The summed E-state index contributed by atoms with van der Waals surface area (Å²) in [4.78, 5) is 23.5. The van der Waals surface area contributed by atoms with Crippen molar-refractivity contribution in [1.29, 1.82) is 0 Å². The zero-order chi connectivity index (χ0) is 15.1. The maximum absolute atomic E-state index is 11.8. The van der Waals surface area contributed by atoms with Gasteiger partial charge in [-0.2, -0.15) is 0 Å². The van der Waals surface area contributed by atoms with E-state index in [0.717, 1.165) is 4.90 Å². The number of hydrogen-bond donors (Lipinski definition) is 1. The number of carboxylic acid groups (broad SMARTS) is 1. The minimum Gasteiger partial charge on any atom is -0.480 e. The average molecular weight is 312 g/mol. The summed E-state index contributed by atoms with van der Waals surface area (Å²) in [5.41, 5.74) is 0.598. The van der Waals surface area contributed by atoms with Gasteiger partial charge in [-0.25, -0.2) is 0 Å². The molecule has 0 unspecified atom stereocenters. The number of carboxylic acids is 1. The first-order valence-electron chi connectivity index (χ1n) is 5.51. The van der Waals surface area contributed by atoms with Gasteiger partial charge in [0.2, 0.25) is 5.91 Å². The van der Waals surface area contributed by atoms with E-state index >= 15 is 0 Å². The summed E-state index contributed by atoms with van der Waals surface area (Å²) in [6, 6.07) is 4.83. The first-order chi connectivity index (χ1) is 9.43. The molecule has 4 nitrogen and oxygen atoms in total. The van der Waals surface area contributed by atoms with E-state index in [0.29, 0.717) is 15.6 Å². The van der Waals surface area contributed by atoms with E-state index in [1.807, 2.05) is 0 Å². The number of hydrogen-bond acceptors (Lipinski definition) is 2. The fourth-order valence-electron chi connectivity index (χ4n) is 1.39. The number of halogens is 2. The largest absolute Gasteiger partial charge is 0.480 e. The summed E-state index contributed by atoms with van der Waals surface area (Å²) in [6.07, 6.45) is 7.79. The average Bonchev–Trinajstić information content (AvgIpc) is 2.36. The van der Waals surface area contributed by atoms with E-state index in [-0.39, 0.29) is 6.54 Å². The van der Waals surface area contributed by atoms with Crippen molar-refractivity contribution >= 4 is 41.2 Å². The van der Waals surface area contributed by atoms with Gasteiger partial charge in [-0.05, 0) is 23.8 Å². The zero-order valence-electron chi connectivity index (χ0n) is 10.3. The second kappa shape index (κ2) is 7.59. The molecule has 0 aromatic heterocycles. The van der Waals surface area contributed by atoms with Crippen molar-refractivity contribution in [3.05, 3.63) is 39.9 Å². The highest BCUT2D eigenvalue weighted by Crippen LogP contribution is 2.21. The number of benzene rings is 1. The SMILES string of the molecule is C#CCN(CC(=O)O)C(=O)C=Cc1ccc(Cl)cc1Cl. The number of rotatable bonds is 5. The summed E-state index contributed by atoms with van der Waals surface area (Å²) < 4.78 is 0. The topological polar surface area (TPSA) is 57.6 Å². The molecule has 104 valence electrons. The Balaban J connectivity index is 2.84. The maximum Gasteiger partial charge on any atom is 0.323 e. The van der Waals surface area contributed by atoms with Gasteiger partial charge in [0.15, 0.2) is 0 Å². The lowest BCUT2D eigenvalue weighted by Crippen LogP contribution is -2.34. The van der Waals surface area contributed by atoms with Gasteiger partial charge in [-0.15, -0.1) is 6.42 Å². The zero-order valence-corrected chi connectivity index (χ0v) is 11.9. The van der Waals surface area contributed by atoms with Gasteiger partial charge in [-0.1, -0.05) is 35.2 Å². The van der Waals surface area contributed by atoms with Crippen LogP contribution in [0.2, 0.25) is 10.0 Å². The van der Waals surface area contributed by atoms with E-state index in [9.17, 15) is 9.59 Å². The van der Waals surface area contributed by atoms with Gasteiger partial charge in [0, 0.05) is 16.1 Å². The van der Waals surface area contributed by atoms with Crippen molar-refractivity contribution in [3.63, 3.8) is 0 Å². The second-order valence-electron chi connectivity index (χ2n) is 3.79. The summed E-state index contributed by atoms with van der Waals surface area (Å²) in [7, 11) is 0. The predicted molar refractivity (Wildman–Crippen MR) is 78.5 cm³/mol. The normalized spacial score (nSPS) is 10.2. The second-order valence-corrected chi connectivity index (χ2v) is 4.63. The molecule has 0 radical (unpaired) electrons. The van der Waals surface area contributed by atoms with Crippen LogP contribution in [0.5, 0.6) is 0 Å². The molecule has 0 aliphatic heterocycles. The van der Waals surface area contributed by atoms with Crippen molar-refractivity contribution < 1.29 is 14.7 Å². The maximum atomic E-state index is 11.8. The van der Waals surface area contributed by atoms with Gasteiger partial charge >= 0.3 is 5.97 Å². The molecule has 0 aliphatic carbocycles. The minimum absolute atomic E-state index is 0.0795. The van der Waals surface area contributed by atoms with Crippen molar-refractivity contribution in [1.82, 2.24) is 4.90 Å². The lowest BCUT2D eigenvalue weighted by Gasteiger charge is -2.15. The van der Waals surface area contributed by atoms with Gasteiger partial charge in [0.05, 0.1) is 6.54 Å². The smallest absolute Gasteiger partial charge is 0.323 e. The third-order valence-electron chi connectivity index (χ3n) is 2.29. The predicted octanol–water partition coefficient (Wildman–Crippen LogP) is 2.55. The van der Waals surface area contributed by atoms with Crippen LogP contribution in [0.15, 0.2) is 24.3 Å². The van der Waals surface area contributed by atoms with Crippen LogP contribution in [0.4, 0.5) is 0 Å². The van der Waals surface area contributed by atoms with Crippen molar-refractivity contribution in [2.75, 3.05) is 13.1 Å². The molecule has 1 aromatic carbocycles. The molecule has 1 rings (SSSR count). The van der Waals surface area contributed by atoms with Crippen LogP contribution in [0.3, 0.4) is 0 Å². The third-order valence-corrected chi connectivity index (χ3v) is 2.85. The van der Waals surface area contributed by atoms with Crippen LogP contribution in [0.25, 0.3) is 6.08 Å². The van der Waals surface area contributed by atoms with Gasteiger partial charge in [0.25, 0.3) is 0 Å². The van der Waals surface area contributed by atoms with E-state index in [4.69, 9.17) is 34.7 Å². The molecule has 0 saturated heterocycles. The standard InChI is InChI=1S/C14H11Cl2NO3/c1-2-7-17(9-14(19)20)13(18)6-4-10-3-5-11(15)8-12(10)16/h1,3-6,8H,7,9H2,(H,19,20). The first-order valence-corrected chi connectivity index (χ1v) is 6.27. The molecule has 0 bridgehead atoms. The molecule has 1 N–H and O–H groups in total. The fraction of sp³-hybridized carbons (Fsp3) is 0.143. The van der Waals surface area contributed by atoms with E-state index in [1.54, 1.807) is 18.2 Å². The van der Waals surface area contributed by atoms with Crippen LogP contribution < -0.4 is 0 Å². The Bertz CT molecular complexity index is 591. The number of carbonyl (C=O) groups excluding carboxylic acids is 1. The molecule has 0 fully saturated rings. The van der Waals surface area contributed by atoms with E-state index < -0.39 is 18.4 Å². The Morgan fingerprint density at radius 2 is 2.10 bits per heavy atom. The molecule has 20 heavy (non-hydrogen) atoms. The van der Waals surface area contributed by atoms with Gasteiger partial charge in [-0.3, -0.25) is 9.59 Å². The van der Waals surface area contributed by atoms with Gasteiger partial charge < -0.3 is 10.0 Å². The number of nitrogens with zero attached hydrogens (tertiary/aromatic N) is 1. The fourth-order valence-corrected chi connectivity index (χ4v) is 1.86. The first kappa shape index (κ1) is 16.1. The monoisotopic (exact) mass is 311 g/mol. The molecule has 0 spiro atoms. The molecule has 6 heteroatoms. The van der Waals surface area contributed by atoms with Crippen molar-refractivity contribution in [2.45, 2.75) is 0 Å². The van der Waals surface area contributed by atoms with Crippen LogP contribution >= 0.6 is 23.2 Å². The molecule has 0 aliphatic rings. The number of terminal acetylenes is 1. The highest BCUT2D eigenvalue weighted by atomic mass is 35.5. The minimum atomic E-state index is -1.13. The van der Waals surface area contributed by atoms with Crippen LogP contribution in [0, 0.1) is 12.3 Å². The summed E-state index contributed by atoms with van der Waals surface area (Å²) >= 11 is 11.7. The van der Waals surface area contributed by atoms with Crippen LogP contribution in [0.1, 0.15) is 5.56 Å². The lowest BCUT2D eigenvalue weighted by molar-refractivity contribution is -0.142. The number of carbonyl (C=O) groups is 2.